The maximum atomic E-state index is 12.5. The summed E-state index contributed by atoms with van der Waals surface area (Å²) in [6.45, 7) is 6.85. The van der Waals surface area contributed by atoms with Crippen LogP contribution in [0.1, 0.15) is 16.6 Å². The van der Waals surface area contributed by atoms with Gasteiger partial charge in [-0.3, -0.25) is 4.90 Å². The van der Waals surface area contributed by atoms with E-state index in [2.05, 4.69) is 14.9 Å². The third kappa shape index (κ3) is 4.60. The summed E-state index contributed by atoms with van der Waals surface area (Å²) >= 11 is 1.30. The third-order valence-electron chi connectivity index (χ3n) is 4.20. The van der Waals surface area contributed by atoms with Crippen molar-refractivity contribution in [1.82, 2.24) is 14.9 Å². The smallest absolute Gasteiger partial charge is 0.348 e. The second kappa shape index (κ2) is 8.45. The highest BCUT2D eigenvalue weighted by molar-refractivity contribution is 7.89. The first-order valence-corrected chi connectivity index (χ1v) is 10.9. The summed E-state index contributed by atoms with van der Waals surface area (Å²) < 4.78 is 33.6. The fraction of sp³-hybridized carbons (Fsp3) is 0.471. The lowest BCUT2D eigenvalue weighted by molar-refractivity contribution is 0.0532. The predicted octanol–water partition coefficient (Wildman–Crippen LogP) is 1.26. The van der Waals surface area contributed by atoms with E-state index in [1.807, 2.05) is 0 Å². The van der Waals surface area contributed by atoms with Crippen molar-refractivity contribution in [1.29, 1.82) is 0 Å². The molecule has 0 unspecified atom stereocenters. The van der Waals surface area contributed by atoms with Crippen LogP contribution >= 0.6 is 11.3 Å². The van der Waals surface area contributed by atoms with Crippen molar-refractivity contribution in [2.24, 2.45) is 0 Å². The van der Waals surface area contributed by atoms with Crippen molar-refractivity contribution in [2.45, 2.75) is 11.8 Å². The number of nitrogens with zero attached hydrogens (tertiary/aromatic N) is 1. The Labute approximate surface area is 157 Å². The molecule has 2 heterocycles. The molecule has 0 atom stereocenters. The van der Waals surface area contributed by atoms with E-state index < -0.39 is 10.0 Å². The molecule has 2 aromatic rings. The SMILES string of the molecule is CCOC(=O)c1cc2cc(S(=O)(=O)NCCN3CCNCC3)ccc2s1. The Morgan fingerprint density at radius 3 is 2.81 bits per heavy atom. The number of sulfonamides is 1. The molecule has 1 fully saturated rings. The van der Waals surface area contributed by atoms with Crippen LogP contribution in [0.15, 0.2) is 29.2 Å². The quantitative estimate of drug-likeness (QED) is 0.684. The number of carbonyl (C=O) groups excluding carboxylic acids is 1. The summed E-state index contributed by atoms with van der Waals surface area (Å²) in [5.41, 5.74) is 0. The monoisotopic (exact) mass is 397 g/mol. The number of piperazine rings is 1. The standard InChI is InChI=1S/C17H23N3O4S2/c1-2-24-17(21)16-12-13-11-14(3-4-15(13)25-16)26(22,23)19-7-10-20-8-5-18-6-9-20/h3-4,11-12,18-19H,2,5-10H2,1H3. The number of carbonyl (C=O) groups is 1. The molecule has 1 saturated heterocycles. The molecule has 0 saturated carbocycles. The van der Waals surface area contributed by atoms with E-state index >= 15 is 0 Å². The van der Waals surface area contributed by atoms with E-state index in [4.69, 9.17) is 4.74 Å². The van der Waals surface area contributed by atoms with Crippen molar-refractivity contribution >= 4 is 37.4 Å². The molecule has 142 valence electrons. The predicted molar refractivity (Wildman–Crippen MR) is 102 cm³/mol. The molecule has 2 N–H and O–H groups in total. The molecule has 1 aromatic carbocycles. The van der Waals surface area contributed by atoms with Gasteiger partial charge in [0.15, 0.2) is 0 Å². The van der Waals surface area contributed by atoms with Gasteiger partial charge in [0.25, 0.3) is 0 Å². The minimum atomic E-state index is -3.58. The van der Waals surface area contributed by atoms with E-state index in [0.29, 0.717) is 24.6 Å². The fourth-order valence-electron chi connectivity index (χ4n) is 2.85. The Hall–Kier alpha value is -1.52. The largest absolute Gasteiger partial charge is 0.462 e. The molecule has 1 aliphatic heterocycles. The summed E-state index contributed by atoms with van der Waals surface area (Å²) in [5, 5.41) is 3.99. The maximum absolute atomic E-state index is 12.5. The van der Waals surface area contributed by atoms with Gasteiger partial charge >= 0.3 is 5.97 Å². The molecular weight excluding hydrogens is 374 g/mol. The second-order valence-electron chi connectivity index (χ2n) is 6.02. The van der Waals surface area contributed by atoms with E-state index in [1.165, 1.54) is 11.3 Å². The van der Waals surface area contributed by atoms with Crippen LogP contribution in [0, 0.1) is 0 Å². The Balaban J connectivity index is 1.68. The molecule has 0 amide bonds. The zero-order valence-electron chi connectivity index (χ0n) is 14.7. The van der Waals surface area contributed by atoms with Gasteiger partial charge in [0.1, 0.15) is 4.88 Å². The molecule has 7 nitrogen and oxygen atoms in total. The Kier molecular flexibility index (Phi) is 6.25. The number of hydrogen-bond donors (Lipinski definition) is 2. The van der Waals surface area contributed by atoms with Crippen molar-refractivity contribution in [3.05, 3.63) is 29.1 Å². The van der Waals surface area contributed by atoms with Crippen LogP contribution in [0.5, 0.6) is 0 Å². The number of ether oxygens (including phenoxy) is 1. The second-order valence-corrected chi connectivity index (χ2v) is 8.87. The highest BCUT2D eigenvalue weighted by Crippen LogP contribution is 2.28. The lowest BCUT2D eigenvalue weighted by Gasteiger charge is -2.27. The normalized spacial score (nSPS) is 16.0. The van der Waals surface area contributed by atoms with Gasteiger partial charge in [-0.2, -0.15) is 0 Å². The van der Waals surface area contributed by atoms with Gasteiger partial charge in [-0.25, -0.2) is 17.9 Å². The number of fused-ring (bicyclic) bond motifs is 1. The van der Waals surface area contributed by atoms with Crippen molar-refractivity contribution in [2.75, 3.05) is 45.9 Å². The van der Waals surface area contributed by atoms with Crippen LogP contribution in [-0.2, 0) is 14.8 Å². The van der Waals surface area contributed by atoms with Gasteiger partial charge in [-0.1, -0.05) is 0 Å². The Bertz CT molecular complexity index is 873. The fourth-order valence-corrected chi connectivity index (χ4v) is 4.84. The van der Waals surface area contributed by atoms with Crippen molar-refractivity contribution in [3.63, 3.8) is 0 Å². The van der Waals surface area contributed by atoms with E-state index in [-0.39, 0.29) is 10.9 Å². The first-order valence-electron chi connectivity index (χ1n) is 8.63. The minimum absolute atomic E-state index is 0.207. The third-order valence-corrected chi connectivity index (χ3v) is 6.76. The highest BCUT2D eigenvalue weighted by atomic mass is 32.2. The molecule has 0 radical (unpaired) electrons. The zero-order valence-corrected chi connectivity index (χ0v) is 16.3. The highest BCUT2D eigenvalue weighted by Gasteiger charge is 2.17. The van der Waals surface area contributed by atoms with E-state index in [1.54, 1.807) is 31.2 Å². The zero-order chi connectivity index (χ0) is 18.6. The first kappa shape index (κ1) is 19.2. The minimum Gasteiger partial charge on any atom is -0.462 e. The van der Waals surface area contributed by atoms with Gasteiger partial charge in [-0.15, -0.1) is 11.3 Å². The topological polar surface area (TPSA) is 87.7 Å². The summed E-state index contributed by atoms with van der Waals surface area (Å²) in [5.74, 6) is -0.382. The number of nitrogens with one attached hydrogen (secondary N) is 2. The summed E-state index contributed by atoms with van der Waals surface area (Å²) in [6, 6.07) is 6.58. The molecule has 3 rings (SSSR count). The molecule has 0 aliphatic carbocycles. The van der Waals surface area contributed by atoms with Crippen LogP contribution in [0.25, 0.3) is 10.1 Å². The number of esters is 1. The molecule has 0 spiro atoms. The Morgan fingerprint density at radius 2 is 2.08 bits per heavy atom. The molecule has 1 aromatic heterocycles. The molecule has 9 heteroatoms. The average molecular weight is 398 g/mol. The van der Waals surface area contributed by atoms with E-state index in [9.17, 15) is 13.2 Å². The van der Waals surface area contributed by atoms with Crippen molar-refractivity contribution in [3.8, 4) is 0 Å². The molecule has 1 aliphatic rings. The van der Waals surface area contributed by atoms with Gasteiger partial charge in [-0.05, 0) is 36.6 Å². The maximum Gasteiger partial charge on any atom is 0.348 e. The van der Waals surface area contributed by atoms with Gasteiger partial charge in [0, 0.05) is 44.0 Å². The molecule has 0 bridgehead atoms. The van der Waals surface area contributed by atoms with Gasteiger partial charge < -0.3 is 10.1 Å². The summed E-state index contributed by atoms with van der Waals surface area (Å²) in [4.78, 5) is 14.7. The Morgan fingerprint density at radius 1 is 1.31 bits per heavy atom. The number of thiophene rings is 1. The van der Waals surface area contributed by atoms with Crippen LogP contribution < -0.4 is 10.0 Å². The van der Waals surface area contributed by atoms with E-state index in [0.717, 1.165) is 36.3 Å². The van der Waals surface area contributed by atoms with Gasteiger partial charge in [0.2, 0.25) is 10.0 Å². The van der Waals surface area contributed by atoms with Gasteiger partial charge in [0.05, 0.1) is 11.5 Å². The summed E-state index contributed by atoms with van der Waals surface area (Å²) in [6.07, 6.45) is 0. The van der Waals surface area contributed by atoms with Crippen LogP contribution in [0.2, 0.25) is 0 Å². The van der Waals surface area contributed by atoms with Crippen LogP contribution in [-0.4, -0.2) is 65.2 Å². The molecular formula is C17H23N3O4S2. The summed E-state index contributed by atoms with van der Waals surface area (Å²) in [7, 11) is -3.58. The lowest BCUT2D eigenvalue weighted by atomic mass is 10.2. The average Bonchev–Trinajstić information content (AvgIpc) is 3.06. The first-order chi connectivity index (χ1) is 12.5. The number of benzene rings is 1. The number of hydrogen-bond acceptors (Lipinski definition) is 7. The van der Waals surface area contributed by atoms with Crippen molar-refractivity contribution < 1.29 is 17.9 Å². The number of rotatable bonds is 7. The van der Waals surface area contributed by atoms with Crippen LogP contribution in [0.4, 0.5) is 0 Å². The van der Waals surface area contributed by atoms with Crippen LogP contribution in [0.3, 0.4) is 0 Å². The molecule has 26 heavy (non-hydrogen) atoms. The lowest BCUT2D eigenvalue weighted by Crippen LogP contribution is -2.46.